The van der Waals surface area contributed by atoms with Gasteiger partial charge in [0, 0.05) is 11.0 Å². The van der Waals surface area contributed by atoms with Crippen molar-refractivity contribution in [2.45, 2.75) is 0 Å². The molecular formula is C22H17BO2. The van der Waals surface area contributed by atoms with Crippen LogP contribution in [0.25, 0.3) is 17.3 Å². The molecule has 0 aromatic heterocycles. The SMILES string of the molecule is C1=C(c2ccccc2)OB(/C(=C/c2ccccc2)c2ccccc2)O1. The summed E-state index contributed by atoms with van der Waals surface area (Å²) in [6, 6.07) is 30.4. The van der Waals surface area contributed by atoms with Gasteiger partial charge >= 0.3 is 7.12 Å². The van der Waals surface area contributed by atoms with E-state index in [1.54, 1.807) is 6.26 Å². The van der Waals surface area contributed by atoms with Gasteiger partial charge in [0.15, 0.2) is 0 Å². The Labute approximate surface area is 148 Å². The first-order chi connectivity index (χ1) is 12.4. The van der Waals surface area contributed by atoms with Gasteiger partial charge in [0.2, 0.25) is 0 Å². The number of hydrogen-bond acceptors (Lipinski definition) is 2. The number of hydrogen-bond donors (Lipinski definition) is 0. The van der Waals surface area contributed by atoms with E-state index in [0.29, 0.717) is 0 Å². The molecule has 4 rings (SSSR count). The van der Waals surface area contributed by atoms with Crippen molar-refractivity contribution in [3.8, 4) is 0 Å². The molecule has 1 aliphatic rings. The molecule has 0 amide bonds. The Balaban J connectivity index is 1.65. The van der Waals surface area contributed by atoms with Crippen LogP contribution in [-0.4, -0.2) is 7.12 Å². The van der Waals surface area contributed by atoms with Crippen LogP contribution < -0.4 is 0 Å². The lowest BCUT2D eigenvalue weighted by atomic mass is 9.73. The number of rotatable bonds is 4. The summed E-state index contributed by atoms with van der Waals surface area (Å²) in [6.45, 7) is 0. The highest BCUT2D eigenvalue weighted by Gasteiger charge is 2.34. The van der Waals surface area contributed by atoms with Crippen LogP contribution in [0.15, 0.2) is 97.3 Å². The van der Waals surface area contributed by atoms with Gasteiger partial charge in [-0.15, -0.1) is 0 Å². The van der Waals surface area contributed by atoms with E-state index in [9.17, 15) is 0 Å². The second kappa shape index (κ2) is 7.14. The molecule has 120 valence electrons. The van der Waals surface area contributed by atoms with Gasteiger partial charge in [0.25, 0.3) is 0 Å². The van der Waals surface area contributed by atoms with Gasteiger partial charge in [-0.3, -0.25) is 0 Å². The maximum absolute atomic E-state index is 6.11. The molecule has 0 saturated carbocycles. The monoisotopic (exact) mass is 324 g/mol. The third kappa shape index (κ3) is 3.51. The zero-order valence-electron chi connectivity index (χ0n) is 13.7. The highest BCUT2D eigenvalue weighted by Crippen LogP contribution is 2.30. The van der Waals surface area contributed by atoms with Crippen LogP contribution in [0, 0.1) is 0 Å². The highest BCUT2D eigenvalue weighted by molar-refractivity contribution is 6.71. The van der Waals surface area contributed by atoms with Crippen molar-refractivity contribution in [2.75, 3.05) is 0 Å². The lowest BCUT2D eigenvalue weighted by Gasteiger charge is -2.12. The minimum Gasteiger partial charge on any atom is -0.525 e. The zero-order valence-corrected chi connectivity index (χ0v) is 13.7. The molecule has 0 spiro atoms. The van der Waals surface area contributed by atoms with Crippen molar-refractivity contribution in [1.29, 1.82) is 0 Å². The third-order valence-corrected chi connectivity index (χ3v) is 4.07. The second-order valence-corrected chi connectivity index (χ2v) is 5.81. The standard InChI is InChI=1S/C22H17BO2/c1-4-10-18(11-5-1)16-21(19-12-6-2-7-13-19)23-24-17-22(25-23)20-14-8-3-9-15-20/h1-17H/b21-16+. The summed E-state index contributed by atoms with van der Waals surface area (Å²) < 4.78 is 12.0. The Bertz CT molecular complexity index is 887. The zero-order chi connectivity index (χ0) is 16.9. The Morgan fingerprint density at radius 1 is 0.720 bits per heavy atom. The van der Waals surface area contributed by atoms with Crippen molar-refractivity contribution < 1.29 is 9.31 Å². The molecule has 1 aliphatic heterocycles. The first kappa shape index (κ1) is 15.3. The molecule has 0 unspecified atom stereocenters. The molecule has 0 bridgehead atoms. The van der Waals surface area contributed by atoms with Crippen molar-refractivity contribution in [1.82, 2.24) is 0 Å². The molecule has 3 aromatic carbocycles. The third-order valence-electron chi connectivity index (χ3n) is 4.07. The van der Waals surface area contributed by atoms with Crippen molar-refractivity contribution in [2.24, 2.45) is 0 Å². The van der Waals surface area contributed by atoms with Crippen LogP contribution in [-0.2, 0) is 9.31 Å². The average molecular weight is 324 g/mol. The van der Waals surface area contributed by atoms with Crippen LogP contribution >= 0.6 is 0 Å². The summed E-state index contributed by atoms with van der Waals surface area (Å²) in [4.78, 5) is 0. The molecule has 0 radical (unpaired) electrons. The van der Waals surface area contributed by atoms with Crippen LogP contribution in [0.1, 0.15) is 16.7 Å². The predicted octanol–water partition coefficient (Wildman–Crippen LogP) is 5.30. The van der Waals surface area contributed by atoms with Crippen molar-refractivity contribution >= 4 is 24.4 Å². The molecule has 0 atom stereocenters. The van der Waals surface area contributed by atoms with Crippen LogP contribution in [0.3, 0.4) is 0 Å². The van der Waals surface area contributed by atoms with Crippen molar-refractivity contribution in [3.05, 3.63) is 114 Å². The first-order valence-electron chi connectivity index (χ1n) is 8.30. The Morgan fingerprint density at radius 2 is 1.32 bits per heavy atom. The van der Waals surface area contributed by atoms with E-state index >= 15 is 0 Å². The second-order valence-electron chi connectivity index (χ2n) is 5.81. The number of benzene rings is 3. The largest absolute Gasteiger partial charge is 0.633 e. The van der Waals surface area contributed by atoms with E-state index in [1.807, 2.05) is 66.7 Å². The molecule has 0 saturated heterocycles. The smallest absolute Gasteiger partial charge is 0.525 e. The normalized spacial score (nSPS) is 13.8. The van der Waals surface area contributed by atoms with E-state index in [2.05, 4.69) is 30.3 Å². The fourth-order valence-corrected chi connectivity index (χ4v) is 2.82. The summed E-state index contributed by atoms with van der Waals surface area (Å²) in [5.41, 5.74) is 4.20. The molecule has 3 heteroatoms. The Morgan fingerprint density at radius 3 is 2.00 bits per heavy atom. The highest BCUT2D eigenvalue weighted by atomic mass is 16.6. The summed E-state index contributed by atoms with van der Waals surface area (Å²) >= 11 is 0. The average Bonchev–Trinajstić information content (AvgIpc) is 3.18. The van der Waals surface area contributed by atoms with Gasteiger partial charge in [0.05, 0.1) is 0 Å². The maximum Gasteiger partial charge on any atom is 0.633 e. The van der Waals surface area contributed by atoms with E-state index in [4.69, 9.17) is 9.31 Å². The molecule has 0 N–H and O–H groups in total. The lowest BCUT2D eigenvalue weighted by Crippen LogP contribution is -2.17. The van der Waals surface area contributed by atoms with E-state index in [1.165, 1.54) is 0 Å². The van der Waals surface area contributed by atoms with E-state index < -0.39 is 7.12 Å². The van der Waals surface area contributed by atoms with Crippen LogP contribution in [0.4, 0.5) is 0 Å². The van der Waals surface area contributed by atoms with Crippen LogP contribution in [0.2, 0.25) is 0 Å². The minimum absolute atomic E-state index is 0.460. The summed E-state index contributed by atoms with van der Waals surface area (Å²) in [5.74, 6) is 0.750. The predicted molar refractivity (Wildman–Crippen MR) is 103 cm³/mol. The molecule has 0 aliphatic carbocycles. The lowest BCUT2D eigenvalue weighted by molar-refractivity contribution is 0.434. The molecule has 3 aromatic rings. The summed E-state index contributed by atoms with van der Waals surface area (Å²) in [7, 11) is -0.460. The van der Waals surface area contributed by atoms with Gasteiger partial charge in [-0.1, -0.05) is 97.1 Å². The topological polar surface area (TPSA) is 18.5 Å². The summed E-state index contributed by atoms with van der Waals surface area (Å²) in [5, 5.41) is 0. The van der Waals surface area contributed by atoms with Gasteiger partial charge < -0.3 is 9.31 Å². The summed E-state index contributed by atoms with van der Waals surface area (Å²) in [6.07, 6.45) is 3.81. The van der Waals surface area contributed by atoms with Crippen molar-refractivity contribution in [3.63, 3.8) is 0 Å². The maximum atomic E-state index is 6.11. The van der Waals surface area contributed by atoms with E-state index in [0.717, 1.165) is 27.9 Å². The van der Waals surface area contributed by atoms with Gasteiger partial charge in [0.1, 0.15) is 12.0 Å². The van der Waals surface area contributed by atoms with Gasteiger partial charge in [-0.05, 0) is 11.1 Å². The Hall–Kier alpha value is -3.20. The molecule has 2 nitrogen and oxygen atoms in total. The molecular weight excluding hydrogens is 307 g/mol. The minimum atomic E-state index is -0.460. The molecule has 0 fully saturated rings. The van der Waals surface area contributed by atoms with Gasteiger partial charge in [-0.25, -0.2) is 0 Å². The van der Waals surface area contributed by atoms with Gasteiger partial charge in [-0.2, -0.15) is 0 Å². The van der Waals surface area contributed by atoms with Crippen LogP contribution in [0.5, 0.6) is 0 Å². The quantitative estimate of drug-likeness (QED) is 0.479. The molecule has 25 heavy (non-hydrogen) atoms. The first-order valence-corrected chi connectivity index (χ1v) is 8.30. The fraction of sp³-hybridized carbons (Fsp3) is 0. The molecule has 1 heterocycles. The fourth-order valence-electron chi connectivity index (χ4n) is 2.82. The Kier molecular flexibility index (Phi) is 4.38. The van der Waals surface area contributed by atoms with E-state index in [-0.39, 0.29) is 0 Å².